The van der Waals surface area contributed by atoms with Gasteiger partial charge in [-0.2, -0.15) is 0 Å². The van der Waals surface area contributed by atoms with E-state index in [0.717, 1.165) is 23.7 Å². The molecule has 5 nitrogen and oxygen atoms in total. The van der Waals surface area contributed by atoms with E-state index in [4.69, 9.17) is 0 Å². The first-order chi connectivity index (χ1) is 11.4. The van der Waals surface area contributed by atoms with Crippen molar-refractivity contribution in [3.8, 4) is 0 Å². The van der Waals surface area contributed by atoms with Crippen LogP contribution >= 0.6 is 0 Å². The maximum Gasteiger partial charge on any atom is 0.253 e. The molecule has 2 aromatic rings. The maximum atomic E-state index is 12.8. The van der Waals surface area contributed by atoms with Gasteiger partial charge in [0.25, 0.3) is 5.91 Å². The number of H-pyrrole nitrogens is 1. The Bertz CT molecular complexity index is 914. The molecule has 1 aromatic carbocycles. The summed E-state index contributed by atoms with van der Waals surface area (Å²) in [6.45, 7) is 0. The fourth-order valence-electron chi connectivity index (χ4n) is 3.99. The largest absolute Gasteiger partial charge is 0.358 e. The van der Waals surface area contributed by atoms with Gasteiger partial charge in [0, 0.05) is 35.2 Å². The summed E-state index contributed by atoms with van der Waals surface area (Å²) in [5.74, 6) is 0.168. The van der Waals surface area contributed by atoms with Gasteiger partial charge in [-0.25, -0.2) is 8.42 Å². The average Bonchev–Trinajstić information content (AvgIpc) is 3.12. The number of aryl methyl sites for hydroxylation is 2. The van der Waals surface area contributed by atoms with E-state index < -0.39 is 9.84 Å². The molecular weight excluding hydrogens is 324 g/mol. The number of rotatable bonds is 2. The fourth-order valence-corrected chi connectivity index (χ4v) is 5.76. The molecule has 6 heteroatoms. The Morgan fingerprint density at radius 3 is 2.79 bits per heavy atom. The van der Waals surface area contributed by atoms with Crippen LogP contribution in [0.1, 0.15) is 40.9 Å². The van der Waals surface area contributed by atoms with Crippen molar-refractivity contribution in [2.75, 3.05) is 18.6 Å². The van der Waals surface area contributed by atoms with Gasteiger partial charge in [0.1, 0.15) is 0 Å². The van der Waals surface area contributed by atoms with Gasteiger partial charge in [0.2, 0.25) is 0 Å². The molecule has 0 saturated carbocycles. The minimum absolute atomic E-state index is 0.0804. The van der Waals surface area contributed by atoms with Crippen molar-refractivity contribution in [1.29, 1.82) is 0 Å². The zero-order chi connectivity index (χ0) is 16.9. The molecule has 1 N–H and O–H groups in total. The van der Waals surface area contributed by atoms with Gasteiger partial charge in [-0.1, -0.05) is 0 Å². The summed E-state index contributed by atoms with van der Waals surface area (Å²) in [4.78, 5) is 17.9. The Morgan fingerprint density at radius 1 is 1.25 bits per heavy atom. The highest BCUT2D eigenvalue weighted by Crippen LogP contribution is 2.30. The molecule has 4 rings (SSSR count). The molecule has 0 spiro atoms. The highest BCUT2D eigenvalue weighted by atomic mass is 32.2. The Kier molecular flexibility index (Phi) is 3.67. The van der Waals surface area contributed by atoms with Crippen molar-refractivity contribution in [1.82, 2.24) is 9.88 Å². The standard InChI is InChI=1S/C18H22N2O3S/c1-20(13-8-9-24(22,23)11-13)18(21)12-6-7-17-15(10-12)14-4-2-3-5-16(14)19-17/h6-7,10,13,19H,2-5,8-9,11H2,1H3. The fraction of sp³-hybridized carbons (Fsp3) is 0.500. The van der Waals surface area contributed by atoms with Crippen LogP contribution in [0.3, 0.4) is 0 Å². The molecule has 1 aliphatic heterocycles. The molecule has 0 radical (unpaired) electrons. The molecule has 0 bridgehead atoms. The third-order valence-corrected chi connectivity index (χ3v) is 7.17. The predicted molar refractivity (Wildman–Crippen MR) is 94.1 cm³/mol. The van der Waals surface area contributed by atoms with Crippen LogP contribution in [-0.4, -0.2) is 48.8 Å². The van der Waals surface area contributed by atoms with Crippen LogP contribution in [0, 0.1) is 0 Å². The van der Waals surface area contributed by atoms with Crippen molar-refractivity contribution in [3.05, 3.63) is 35.0 Å². The molecule has 1 aromatic heterocycles. The Morgan fingerprint density at radius 2 is 2.04 bits per heavy atom. The third kappa shape index (κ3) is 2.62. The van der Waals surface area contributed by atoms with Gasteiger partial charge in [-0.05, 0) is 55.9 Å². The number of fused-ring (bicyclic) bond motifs is 3. The second-order valence-corrected chi connectivity index (χ2v) is 9.25. The summed E-state index contributed by atoms with van der Waals surface area (Å²) in [5, 5.41) is 1.14. The lowest BCUT2D eigenvalue weighted by molar-refractivity contribution is 0.0748. The lowest BCUT2D eigenvalue weighted by Gasteiger charge is -2.23. The second kappa shape index (κ2) is 5.62. The summed E-state index contributed by atoms with van der Waals surface area (Å²) >= 11 is 0. The van der Waals surface area contributed by atoms with E-state index in [9.17, 15) is 13.2 Å². The van der Waals surface area contributed by atoms with Gasteiger partial charge in [-0.3, -0.25) is 4.79 Å². The molecule has 1 atom stereocenters. The summed E-state index contributed by atoms with van der Waals surface area (Å²) in [6, 6.07) is 5.57. The average molecular weight is 346 g/mol. The first-order valence-corrected chi connectivity index (χ1v) is 10.4. The number of hydrogen-bond donors (Lipinski definition) is 1. The Hall–Kier alpha value is -1.82. The number of amides is 1. The SMILES string of the molecule is CN(C(=O)c1ccc2[nH]c3c(c2c1)CCCC3)C1CCS(=O)(=O)C1. The first kappa shape index (κ1) is 15.7. The molecule has 1 saturated heterocycles. The maximum absolute atomic E-state index is 12.8. The van der Waals surface area contributed by atoms with E-state index in [1.165, 1.54) is 24.1 Å². The summed E-state index contributed by atoms with van der Waals surface area (Å²) in [7, 11) is -1.28. The lowest BCUT2D eigenvalue weighted by Crippen LogP contribution is -2.37. The van der Waals surface area contributed by atoms with E-state index in [1.54, 1.807) is 11.9 Å². The number of hydrogen-bond acceptors (Lipinski definition) is 3. The van der Waals surface area contributed by atoms with Crippen molar-refractivity contribution < 1.29 is 13.2 Å². The summed E-state index contributed by atoms with van der Waals surface area (Å²) in [6.07, 6.45) is 5.08. The van der Waals surface area contributed by atoms with Gasteiger partial charge in [-0.15, -0.1) is 0 Å². The second-order valence-electron chi connectivity index (χ2n) is 7.02. The highest BCUT2D eigenvalue weighted by molar-refractivity contribution is 7.91. The monoisotopic (exact) mass is 346 g/mol. The number of nitrogens with one attached hydrogen (secondary N) is 1. The molecular formula is C18H22N2O3S. The van der Waals surface area contributed by atoms with Gasteiger partial charge in [0.15, 0.2) is 9.84 Å². The van der Waals surface area contributed by atoms with E-state index in [-0.39, 0.29) is 23.5 Å². The van der Waals surface area contributed by atoms with E-state index in [1.807, 2.05) is 18.2 Å². The summed E-state index contributed by atoms with van der Waals surface area (Å²) in [5.41, 5.74) is 4.37. The highest BCUT2D eigenvalue weighted by Gasteiger charge is 2.33. The van der Waals surface area contributed by atoms with E-state index in [0.29, 0.717) is 12.0 Å². The van der Waals surface area contributed by atoms with E-state index in [2.05, 4.69) is 4.98 Å². The minimum Gasteiger partial charge on any atom is -0.358 e. The molecule has 24 heavy (non-hydrogen) atoms. The zero-order valence-corrected chi connectivity index (χ0v) is 14.7. The van der Waals surface area contributed by atoms with Crippen molar-refractivity contribution >= 4 is 26.6 Å². The normalized spacial score (nSPS) is 22.5. The topological polar surface area (TPSA) is 70.2 Å². The van der Waals surface area contributed by atoms with Crippen LogP contribution in [-0.2, 0) is 22.7 Å². The zero-order valence-electron chi connectivity index (χ0n) is 13.8. The Labute approximate surface area is 142 Å². The third-order valence-electron chi connectivity index (χ3n) is 5.42. The molecule has 1 unspecified atom stereocenters. The van der Waals surface area contributed by atoms with Crippen molar-refractivity contribution in [2.24, 2.45) is 0 Å². The molecule has 1 amide bonds. The van der Waals surface area contributed by atoms with Crippen LogP contribution in [0.5, 0.6) is 0 Å². The quantitative estimate of drug-likeness (QED) is 0.907. The smallest absolute Gasteiger partial charge is 0.253 e. The molecule has 2 aliphatic rings. The predicted octanol–water partition coefficient (Wildman–Crippen LogP) is 2.31. The number of benzene rings is 1. The Balaban J connectivity index is 1.65. The van der Waals surface area contributed by atoms with Crippen LogP contribution in [0.25, 0.3) is 10.9 Å². The number of sulfone groups is 1. The number of carbonyl (C=O) groups is 1. The van der Waals surface area contributed by atoms with Crippen LogP contribution in [0.2, 0.25) is 0 Å². The molecule has 1 fully saturated rings. The van der Waals surface area contributed by atoms with Gasteiger partial charge < -0.3 is 9.88 Å². The van der Waals surface area contributed by atoms with Crippen molar-refractivity contribution in [2.45, 2.75) is 38.1 Å². The van der Waals surface area contributed by atoms with Crippen LogP contribution in [0.15, 0.2) is 18.2 Å². The lowest BCUT2D eigenvalue weighted by atomic mass is 9.95. The van der Waals surface area contributed by atoms with Crippen molar-refractivity contribution in [3.63, 3.8) is 0 Å². The molecule has 128 valence electrons. The first-order valence-electron chi connectivity index (χ1n) is 8.56. The minimum atomic E-state index is -2.99. The molecule has 2 heterocycles. The van der Waals surface area contributed by atoms with E-state index >= 15 is 0 Å². The number of aromatic amines is 1. The van der Waals surface area contributed by atoms with Crippen LogP contribution in [0.4, 0.5) is 0 Å². The molecule has 1 aliphatic carbocycles. The van der Waals surface area contributed by atoms with Gasteiger partial charge >= 0.3 is 0 Å². The van der Waals surface area contributed by atoms with Gasteiger partial charge in [0.05, 0.1) is 11.5 Å². The number of nitrogens with zero attached hydrogens (tertiary/aromatic N) is 1. The van der Waals surface area contributed by atoms with Crippen LogP contribution < -0.4 is 0 Å². The number of carbonyl (C=O) groups excluding carboxylic acids is 1. The summed E-state index contributed by atoms with van der Waals surface area (Å²) < 4.78 is 23.3. The number of aromatic nitrogens is 1.